The lowest BCUT2D eigenvalue weighted by molar-refractivity contribution is -0.188. The van der Waals surface area contributed by atoms with Crippen molar-refractivity contribution in [3.63, 3.8) is 0 Å². The second-order valence-electron chi connectivity index (χ2n) is 14.6. The maximum Gasteiger partial charge on any atom is 0.157 e. The molecule has 1 N–H and O–H groups in total. The summed E-state index contributed by atoms with van der Waals surface area (Å²) in [6, 6.07) is 1.96. The lowest BCUT2D eigenvalue weighted by Crippen LogP contribution is -2.63. The fraction of sp³-hybridized carbons (Fsp3) is 0.900. The lowest BCUT2D eigenvalue weighted by Gasteiger charge is -2.69. The van der Waals surface area contributed by atoms with Crippen LogP contribution in [0, 0.1) is 62.1 Å². The fourth-order valence-corrected chi connectivity index (χ4v) is 10.5. The third-order valence-corrected chi connectivity index (χ3v) is 13.5. The summed E-state index contributed by atoms with van der Waals surface area (Å²) in [5.74, 6) is 2.15. The molecule has 3 nitrogen and oxygen atoms in total. The van der Waals surface area contributed by atoms with E-state index in [1.165, 1.54) is 50.5 Å². The summed E-state index contributed by atoms with van der Waals surface area (Å²) in [6.07, 6.45) is 9.24. The average molecular weight is 488 g/mol. The van der Waals surface area contributed by atoms with Crippen LogP contribution < -0.4 is 0 Å². The lowest BCUT2D eigenvalue weighted by atomic mass is 9.35. The maximum atomic E-state index is 10.2. The van der Waals surface area contributed by atoms with Crippen LogP contribution in [0.25, 0.3) is 0 Å². The summed E-state index contributed by atoms with van der Waals surface area (Å²) in [5.41, 5.74) is 2.19. The van der Waals surface area contributed by atoms with Crippen LogP contribution in [0.5, 0.6) is 0 Å². The summed E-state index contributed by atoms with van der Waals surface area (Å²) in [5, 5.41) is 18.9. The molecule has 190 valence electrons. The molecule has 0 aromatic heterocycles. The van der Waals surface area contributed by atoms with Crippen LogP contribution in [-0.4, -0.2) is 29.3 Å². The standard InChI is InChI=1S/C30H46ClNO2/c1-18-19(27(4,5)24(31)22(33)16-32)10-11-28(6)20(18)8-9-21-23-25-26(2,3)12-14-30(23,17-34-25)15-13-29(21,28)7/h19-25,33H,1,8-15,17H2,2-7H3/t19-,20-,21-,22-,23+,24+,25-,28-,29-,30-/m1/s1. The highest BCUT2D eigenvalue weighted by molar-refractivity contribution is 6.21. The number of aliphatic hydroxyl groups is 1. The van der Waals surface area contributed by atoms with Gasteiger partial charge < -0.3 is 9.84 Å². The van der Waals surface area contributed by atoms with Crippen molar-refractivity contribution in [2.24, 2.45) is 50.7 Å². The van der Waals surface area contributed by atoms with Crippen LogP contribution in [-0.2, 0) is 4.74 Å². The zero-order chi connectivity index (χ0) is 24.9. The van der Waals surface area contributed by atoms with Crippen molar-refractivity contribution in [1.82, 2.24) is 0 Å². The molecule has 0 amide bonds. The van der Waals surface area contributed by atoms with Crippen LogP contribution in [0.4, 0.5) is 0 Å². The number of fused-ring (bicyclic) bond motifs is 3. The normalized spacial score (nSPS) is 49.3. The summed E-state index contributed by atoms with van der Waals surface area (Å²) in [6.45, 7) is 20.1. The largest absolute Gasteiger partial charge is 0.377 e. The first-order valence-electron chi connectivity index (χ1n) is 13.8. The molecule has 5 aliphatic rings. The Labute approximate surface area is 212 Å². The smallest absolute Gasteiger partial charge is 0.157 e. The summed E-state index contributed by atoms with van der Waals surface area (Å²) >= 11 is 6.68. The first kappa shape index (κ1) is 25.1. The highest BCUT2D eigenvalue weighted by Crippen LogP contribution is 2.75. The Morgan fingerprint density at radius 1 is 1.06 bits per heavy atom. The second-order valence-corrected chi connectivity index (χ2v) is 15.1. The molecule has 5 rings (SSSR count). The molecule has 4 saturated carbocycles. The van der Waals surface area contributed by atoms with E-state index in [1.807, 2.05) is 6.07 Å². The Kier molecular flexibility index (Phi) is 5.70. The van der Waals surface area contributed by atoms with E-state index < -0.39 is 11.5 Å². The van der Waals surface area contributed by atoms with Gasteiger partial charge in [-0.05, 0) is 102 Å². The second kappa shape index (κ2) is 7.72. The summed E-state index contributed by atoms with van der Waals surface area (Å²) in [7, 11) is 0. The van der Waals surface area contributed by atoms with Crippen LogP contribution in [0.15, 0.2) is 12.2 Å². The van der Waals surface area contributed by atoms with Gasteiger partial charge in [0.05, 0.1) is 24.2 Å². The van der Waals surface area contributed by atoms with Crippen LogP contribution in [0.3, 0.4) is 0 Å². The molecule has 0 radical (unpaired) electrons. The maximum absolute atomic E-state index is 10.2. The topological polar surface area (TPSA) is 53.2 Å². The number of allylic oxidation sites excluding steroid dienone is 1. The predicted molar refractivity (Wildman–Crippen MR) is 137 cm³/mol. The first-order valence-corrected chi connectivity index (χ1v) is 14.2. The molecule has 1 saturated heterocycles. The van der Waals surface area contributed by atoms with E-state index in [1.54, 1.807) is 0 Å². The number of halogens is 1. The van der Waals surface area contributed by atoms with Crippen molar-refractivity contribution in [1.29, 1.82) is 5.26 Å². The van der Waals surface area contributed by atoms with Crippen LogP contribution >= 0.6 is 11.6 Å². The van der Waals surface area contributed by atoms with Crippen LogP contribution in [0.1, 0.15) is 92.9 Å². The molecule has 4 heteroatoms. The van der Waals surface area contributed by atoms with E-state index in [9.17, 15) is 10.4 Å². The number of hydrogen-bond acceptors (Lipinski definition) is 3. The van der Waals surface area contributed by atoms with E-state index in [-0.39, 0.29) is 22.2 Å². The number of aliphatic hydroxyl groups excluding tert-OH is 1. The molecule has 1 aliphatic heterocycles. The van der Waals surface area contributed by atoms with Gasteiger partial charge in [0.15, 0.2) is 6.10 Å². The van der Waals surface area contributed by atoms with Crippen LogP contribution in [0.2, 0.25) is 0 Å². The van der Waals surface area contributed by atoms with Gasteiger partial charge in [0.25, 0.3) is 0 Å². The number of ether oxygens (including phenoxy) is 1. The third-order valence-electron chi connectivity index (χ3n) is 12.7. The molecule has 0 aromatic rings. The third kappa shape index (κ3) is 3.07. The van der Waals surface area contributed by atoms with Gasteiger partial charge in [0, 0.05) is 0 Å². The van der Waals surface area contributed by atoms with E-state index in [0.29, 0.717) is 28.8 Å². The molecule has 0 aromatic carbocycles. The minimum Gasteiger partial charge on any atom is -0.377 e. The molecule has 0 unspecified atom stereocenters. The minimum atomic E-state index is -1.15. The molecule has 5 fully saturated rings. The van der Waals surface area contributed by atoms with Crippen molar-refractivity contribution in [3.8, 4) is 6.07 Å². The first-order chi connectivity index (χ1) is 15.8. The van der Waals surface area contributed by atoms with Gasteiger partial charge in [0.1, 0.15) is 0 Å². The van der Waals surface area contributed by atoms with Gasteiger partial charge in [-0.3, -0.25) is 0 Å². The van der Waals surface area contributed by atoms with Gasteiger partial charge in [-0.1, -0.05) is 53.7 Å². The van der Waals surface area contributed by atoms with E-state index in [4.69, 9.17) is 22.9 Å². The highest BCUT2D eigenvalue weighted by Gasteiger charge is 2.70. The molecule has 10 atom stereocenters. The molecular formula is C30H46ClNO2. The van der Waals surface area contributed by atoms with Crippen molar-refractivity contribution in [3.05, 3.63) is 12.2 Å². The zero-order valence-electron chi connectivity index (χ0n) is 22.3. The predicted octanol–water partition coefficient (Wildman–Crippen LogP) is 7.12. The molecule has 2 bridgehead atoms. The zero-order valence-corrected chi connectivity index (χ0v) is 23.0. The summed E-state index contributed by atoms with van der Waals surface area (Å²) < 4.78 is 6.65. The van der Waals surface area contributed by atoms with Gasteiger partial charge in [-0.15, -0.1) is 11.6 Å². The Morgan fingerprint density at radius 3 is 2.41 bits per heavy atom. The molecule has 0 spiro atoms. The van der Waals surface area contributed by atoms with Gasteiger partial charge >= 0.3 is 0 Å². The molecule has 34 heavy (non-hydrogen) atoms. The van der Waals surface area contributed by atoms with Crippen molar-refractivity contribution in [2.45, 2.75) is 110 Å². The quantitative estimate of drug-likeness (QED) is 0.262. The van der Waals surface area contributed by atoms with E-state index >= 15 is 0 Å². The number of alkyl halides is 1. The molecular weight excluding hydrogens is 442 g/mol. The molecule has 1 heterocycles. The van der Waals surface area contributed by atoms with E-state index in [2.05, 4.69) is 41.5 Å². The van der Waals surface area contributed by atoms with E-state index in [0.717, 1.165) is 18.9 Å². The van der Waals surface area contributed by atoms with Crippen molar-refractivity contribution >= 4 is 11.6 Å². The minimum absolute atomic E-state index is 0.234. The Hall–Kier alpha value is -0.560. The number of nitrogens with zero attached hydrogens (tertiary/aromatic N) is 1. The number of rotatable bonds is 3. The van der Waals surface area contributed by atoms with Crippen molar-refractivity contribution in [2.75, 3.05) is 6.61 Å². The average Bonchev–Trinajstić information content (AvgIpc) is 3.12. The van der Waals surface area contributed by atoms with Gasteiger partial charge in [0.2, 0.25) is 0 Å². The monoisotopic (exact) mass is 487 g/mol. The SMILES string of the molecule is C=C1[C@H](C(C)(C)[C@@H](Cl)[C@H](O)C#N)CC[C@]2(C)[C@@H]1CC[C@@H]1[C@H]3[C@H]4OC[C@@]3(CCC4(C)C)CC[C@]12C. The number of hydrogen-bond donors (Lipinski definition) is 1. The molecule has 4 aliphatic carbocycles. The Bertz CT molecular complexity index is 906. The van der Waals surface area contributed by atoms with Gasteiger partial charge in [-0.2, -0.15) is 5.26 Å². The summed E-state index contributed by atoms with van der Waals surface area (Å²) in [4.78, 5) is 0. The Balaban J connectivity index is 1.46. The number of nitriles is 1. The van der Waals surface area contributed by atoms with Gasteiger partial charge in [-0.25, -0.2) is 0 Å². The Morgan fingerprint density at radius 2 is 1.74 bits per heavy atom. The fourth-order valence-electron chi connectivity index (χ4n) is 10.2. The van der Waals surface area contributed by atoms with Crippen molar-refractivity contribution < 1.29 is 9.84 Å². The highest BCUT2D eigenvalue weighted by atomic mass is 35.5.